The molecule has 1 aliphatic rings. The van der Waals surface area contributed by atoms with Gasteiger partial charge in [-0.2, -0.15) is 0 Å². The van der Waals surface area contributed by atoms with Gasteiger partial charge in [-0.3, -0.25) is 4.79 Å². The molecule has 0 bridgehead atoms. The van der Waals surface area contributed by atoms with Gasteiger partial charge in [-0.15, -0.1) is 12.4 Å². The molecule has 0 unspecified atom stereocenters. The van der Waals surface area contributed by atoms with Crippen molar-refractivity contribution >= 4 is 18.3 Å². The van der Waals surface area contributed by atoms with Gasteiger partial charge >= 0.3 is 0 Å². The van der Waals surface area contributed by atoms with Crippen LogP contribution in [0.1, 0.15) is 21.5 Å². The number of hydrogen-bond donors (Lipinski definition) is 1. The Balaban J connectivity index is 0.00000300. The minimum absolute atomic E-state index is 0. The minimum Gasteiger partial charge on any atom is -0.489 e. The van der Waals surface area contributed by atoms with Crippen molar-refractivity contribution in [2.45, 2.75) is 13.0 Å². The second kappa shape index (κ2) is 11.6. The third-order valence-electron chi connectivity index (χ3n) is 4.70. The zero-order chi connectivity index (χ0) is 19.8. The Morgan fingerprint density at radius 2 is 2.00 bits per heavy atom. The van der Waals surface area contributed by atoms with E-state index in [2.05, 4.69) is 0 Å². The van der Waals surface area contributed by atoms with Gasteiger partial charge in [0.25, 0.3) is 5.91 Å². The first kappa shape index (κ1) is 22.9. The summed E-state index contributed by atoms with van der Waals surface area (Å²) < 4.78 is 23.8. The molecule has 1 amide bonds. The lowest BCUT2D eigenvalue weighted by molar-refractivity contribution is 0.0600. The van der Waals surface area contributed by atoms with E-state index in [9.17, 15) is 9.18 Å². The summed E-state index contributed by atoms with van der Waals surface area (Å²) >= 11 is 0. The van der Waals surface area contributed by atoms with Gasteiger partial charge in [0.1, 0.15) is 12.4 Å². The van der Waals surface area contributed by atoms with Crippen molar-refractivity contribution in [2.75, 3.05) is 32.8 Å². The summed E-state index contributed by atoms with van der Waals surface area (Å²) in [7, 11) is 0. The molecular formula is C22H26ClFN2O3. The third kappa shape index (κ3) is 6.29. The van der Waals surface area contributed by atoms with Crippen LogP contribution in [0.25, 0.3) is 0 Å². The first-order valence-corrected chi connectivity index (χ1v) is 9.36. The van der Waals surface area contributed by atoms with Crippen LogP contribution in [0.15, 0.2) is 60.4 Å². The molecular weight excluding hydrogens is 395 g/mol. The molecule has 0 radical (unpaired) electrons. The lowest BCUT2D eigenvalue weighted by atomic mass is 9.98. The van der Waals surface area contributed by atoms with Gasteiger partial charge in [-0.25, -0.2) is 4.39 Å². The molecule has 0 aromatic heterocycles. The number of carbonyl (C=O) groups is 1. The fourth-order valence-electron chi connectivity index (χ4n) is 3.07. The van der Waals surface area contributed by atoms with E-state index in [1.165, 1.54) is 0 Å². The number of ether oxygens (including phenoxy) is 2. The molecule has 2 N–H and O–H groups in total. The molecule has 2 aromatic carbocycles. The van der Waals surface area contributed by atoms with Crippen molar-refractivity contribution in [1.29, 1.82) is 0 Å². The van der Waals surface area contributed by atoms with E-state index in [1.54, 1.807) is 12.1 Å². The number of hydrogen-bond acceptors (Lipinski definition) is 4. The molecule has 1 aliphatic heterocycles. The molecule has 0 spiro atoms. The normalized spacial score (nSPS) is 13.7. The average molecular weight is 421 g/mol. The van der Waals surface area contributed by atoms with Crippen molar-refractivity contribution < 1.29 is 18.7 Å². The Morgan fingerprint density at radius 1 is 1.21 bits per heavy atom. The van der Waals surface area contributed by atoms with Crippen LogP contribution in [0.4, 0.5) is 4.39 Å². The average Bonchev–Trinajstić information content (AvgIpc) is 2.74. The molecule has 0 atom stereocenters. The first-order chi connectivity index (χ1) is 13.7. The second-order valence-corrected chi connectivity index (χ2v) is 6.66. The van der Waals surface area contributed by atoms with Gasteiger partial charge < -0.3 is 20.1 Å². The summed E-state index contributed by atoms with van der Waals surface area (Å²) in [4.78, 5) is 14.5. The highest BCUT2D eigenvalue weighted by Gasteiger charge is 2.24. The van der Waals surface area contributed by atoms with E-state index in [4.69, 9.17) is 15.2 Å². The quantitative estimate of drug-likeness (QED) is 0.630. The highest BCUT2D eigenvalue weighted by atomic mass is 35.5. The predicted octanol–water partition coefficient (Wildman–Crippen LogP) is 3.51. The number of carbonyl (C=O) groups excluding carboxylic acids is 1. The fourth-order valence-corrected chi connectivity index (χ4v) is 3.07. The van der Waals surface area contributed by atoms with E-state index in [1.807, 2.05) is 41.3 Å². The summed E-state index contributed by atoms with van der Waals surface area (Å²) in [6.45, 7) is 2.45. The second-order valence-electron chi connectivity index (χ2n) is 6.66. The van der Waals surface area contributed by atoms with Crippen LogP contribution in [-0.2, 0) is 17.8 Å². The number of halogens is 2. The first-order valence-electron chi connectivity index (χ1n) is 9.36. The summed E-state index contributed by atoms with van der Waals surface area (Å²) in [6.07, 6.45) is 1.22. The molecule has 2 aromatic rings. The van der Waals surface area contributed by atoms with Gasteiger partial charge in [0.05, 0.1) is 19.5 Å². The molecule has 3 rings (SSSR count). The van der Waals surface area contributed by atoms with Crippen LogP contribution in [-0.4, -0.2) is 43.7 Å². The van der Waals surface area contributed by atoms with Crippen LogP contribution >= 0.6 is 12.4 Å². The summed E-state index contributed by atoms with van der Waals surface area (Å²) in [5.41, 5.74) is 8.56. The molecule has 7 heteroatoms. The lowest BCUT2D eigenvalue weighted by Crippen LogP contribution is -2.39. The molecule has 0 saturated heterocycles. The monoisotopic (exact) mass is 420 g/mol. The Bertz CT molecular complexity index is 830. The topological polar surface area (TPSA) is 64.8 Å². The number of nitrogens with two attached hydrogens (primary N) is 1. The van der Waals surface area contributed by atoms with Crippen LogP contribution < -0.4 is 10.5 Å². The highest BCUT2D eigenvalue weighted by molar-refractivity contribution is 5.97. The van der Waals surface area contributed by atoms with Crippen LogP contribution in [0.5, 0.6) is 5.75 Å². The Kier molecular flexibility index (Phi) is 9.12. The number of fused-ring (bicyclic) bond motifs is 1. The van der Waals surface area contributed by atoms with Gasteiger partial charge in [0.2, 0.25) is 0 Å². The van der Waals surface area contributed by atoms with Crippen LogP contribution in [0.2, 0.25) is 0 Å². The molecule has 0 aliphatic carbocycles. The minimum atomic E-state index is 0. The van der Waals surface area contributed by atoms with Crippen LogP contribution in [0.3, 0.4) is 0 Å². The zero-order valence-corrected chi connectivity index (χ0v) is 17.0. The van der Waals surface area contributed by atoms with E-state index in [0.717, 1.165) is 17.5 Å². The van der Waals surface area contributed by atoms with Crippen molar-refractivity contribution in [1.82, 2.24) is 4.90 Å². The molecule has 0 saturated carbocycles. The van der Waals surface area contributed by atoms with Crippen molar-refractivity contribution in [3.63, 3.8) is 0 Å². The standard InChI is InChI=1S/C22H25FN2O3.ClH/c23-13-18(14-24)16-28-20-6-7-21-19(12-20)8-9-25(22(21)26)10-11-27-15-17-4-2-1-3-5-17;/h1-7,12-13H,8-11,14-16,24H2;1H/b18-13-;. The predicted molar refractivity (Wildman–Crippen MR) is 113 cm³/mol. The van der Waals surface area contributed by atoms with E-state index < -0.39 is 0 Å². The number of rotatable bonds is 9. The molecule has 156 valence electrons. The van der Waals surface area contributed by atoms with Gasteiger partial charge in [-0.1, -0.05) is 30.3 Å². The highest BCUT2D eigenvalue weighted by Crippen LogP contribution is 2.24. The lowest BCUT2D eigenvalue weighted by Gasteiger charge is -2.28. The van der Waals surface area contributed by atoms with Gasteiger partial charge in [-0.05, 0) is 35.7 Å². The van der Waals surface area contributed by atoms with Crippen LogP contribution in [0, 0.1) is 0 Å². The number of amides is 1. The Labute approximate surface area is 176 Å². The van der Waals surface area contributed by atoms with Gasteiger partial charge in [0.15, 0.2) is 0 Å². The van der Waals surface area contributed by atoms with E-state index in [-0.39, 0.29) is 31.5 Å². The van der Waals surface area contributed by atoms with Crippen molar-refractivity contribution in [2.24, 2.45) is 5.73 Å². The largest absolute Gasteiger partial charge is 0.489 e. The Morgan fingerprint density at radius 3 is 2.72 bits per heavy atom. The van der Waals surface area contributed by atoms with E-state index >= 15 is 0 Å². The molecule has 0 fully saturated rings. The smallest absolute Gasteiger partial charge is 0.254 e. The molecule has 29 heavy (non-hydrogen) atoms. The third-order valence-corrected chi connectivity index (χ3v) is 4.70. The van der Waals surface area contributed by atoms with Crippen molar-refractivity contribution in [3.05, 3.63) is 77.1 Å². The van der Waals surface area contributed by atoms with E-state index in [0.29, 0.717) is 49.5 Å². The van der Waals surface area contributed by atoms with Gasteiger partial charge in [0, 0.05) is 30.8 Å². The summed E-state index contributed by atoms with van der Waals surface area (Å²) in [5, 5.41) is 0. The molecule has 1 heterocycles. The summed E-state index contributed by atoms with van der Waals surface area (Å²) in [6, 6.07) is 15.3. The number of nitrogens with zero attached hydrogens (tertiary/aromatic N) is 1. The fraction of sp³-hybridized carbons (Fsp3) is 0.318. The number of benzene rings is 2. The SMILES string of the molecule is Cl.NC/C(=C/F)COc1ccc2c(c1)CCN(CCOCc1ccccc1)C2=O. The zero-order valence-electron chi connectivity index (χ0n) is 16.2. The maximum absolute atomic E-state index is 12.7. The maximum Gasteiger partial charge on any atom is 0.254 e. The van der Waals surface area contributed by atoms with Crippen molar-refractivity contribution in [3.8, 4) is 5.75 Å². The molecule has 5 nitrogen and oxygen atoms in total. The summed E-state index contributed by atoms with van der Waals surface area (Å²) in [5.74, 6) is 0.612. The Hall–Kier alpha value is -2.41. The maximum atomic E-state index is 12.7.